The van der Waals surface area contributed by atoms with Gasteiger partial charge in [-0.15, -0.1) is 0 Å². The SMILES string of the molecule is CC(C)(C)C1CCC2(CC1)NC(=O)N(CN1CCN(S(=O)(=O)C=Cc3ccccc3)CC1)C2=O. The number of imide groups is 1. The lowest BCUT2D eigenvalue weighted by atomic mass is 9.67. The Bertz CT molecular complexity index is 1030. The first-order valence-electron chi connectivity index (χ1n) is 12.1. The number of urea groups is 1. The number of sulfonamides is 1. The molecule has 2 saturated heterocycles. The lowest BCUT2D eigenvalue weighted by Crippen LogP contribution is -2.53. The second-order valence-corrected chi connectivity index (χ2v) is 12.6. The van der Waals surface area contributed by atoms with Gasteiger partial charge < -0.3 is 5.32 Å². The number of carbonyl (C=O) groups excluding carboxylic acids is 2. The topological polar surface area (TPSA) is 90.0 Å². The zero-order valence-electron chi connectivity index (χ0n) is 20.4. The van der Waals surface area contributed by atoms with Crippen LogP contribution in [0.25, 0.3) is 6.08 Å². The Labute approximate surface area is 203 Å². The summed E-state index contributed by atoms with van der Waals surface area (Å²) in [5, 5.41) is 4.23. The van der Waals surface area contributed by atoms with Crippen LogP contribution in [0.2, 0.25) is 0 Å². The number of hydrogen-bond acceptors (Lipinski definition) is 5. The molecule has 34 heavy (non-hydrogen) atoms. The minimum Gasteiger partial charge on any atom is -0.323 e. The largest absolute Gasteiger partial charge is 0.326 e. The first-order valence-corrected chi connectivity index (χ1v) is 13.6. The van der Waals surface area contributed by atoms with E-state index >= 15 is 0 Å². The number of nitrogens with one attached hydrogen (secondary N) is 1. The van der Waals surface area contributed by atoms with Crippen molar-refractivity contribution in [2.24, 2.45) is 11.3 Å². The summed E-state index contributed by atoms with van der Waals surface area (Å²) in [4.78, 5) is 29.3. The summed E-state index contributed by atoms with van der Waals surface area (Å²) in [7, 11) is -3.53. The fourth-order valence-corrected chi connectivity index (χ4v) is 6.43. The van der Waals surface area contributed by atoms with E-state index in [9.17, 15) is 18.0 Å². The fourth-order valence-electron chi connectivity index (χ4n) is 5.26. The van der Waals surface area contributed by atoms with Crippen molar-refractivity contribution in [3.05, 3.63) is 41.3 Å². The third-order valence-corrected chi connectivity index (χ3v) is 9.14. The van der Waals surface area contributed by atoms with Crippen molar-refractivity contribution in [2.75, 3.05) is 32.8 Å². The van der Waals surface area contributed by atoms with E-state index in [2.05, 4.69) is 26.1 Å². The van der Waals surface area contributed by atoms with Gasteiger partial charge in [0.15, 0.2) is 0 Å². The molecule has 1 aliphatic carbocycles. The van der Waals surface area contributed by atoms with Gasteiger partial charge in [0.1, 0.15) is 5.54 Å². The summed E-state index contributed by atoms with van der Waals surface area (Å²) in [5.41, 5.74) is 0.254. The minimum absolute atomic E-state index is 0.134. The minimum atomic E-state index is -3.53. The van der Waals surface area contributed by atoms with E-state index in [0.29, 0.717) is 44.9 Å². The molecule has 0 atom stereocenters. The second-order valence-electron chi connectivity index (χ2n) is 10.8. The summed E-state index contributed by atoms with van der Waals surface area (Å²) in [6, 6.07) is 8.98. The Morgan fingerprint density at radius 2 is 1.65 bits per heavy atom. The van der Waals surface area contributed by atoms with Crippen molar-refractivity contribution >= 4 is 28.0 Å². The zero-order chi connectivity index (χ0) is 24.6. The molecule has 0 radical (unpaired) electrons. The maximum absolute atomic E-state index is 13.3. The highest BCUT2D eigenvalue weighted by Gasteiger charge is 2.53. The molecule has 9 heteroatoms. The number of carbonyl (C=O) groups is 2. The van der Waals surface area contributed by atoms with Crippen LogP contribution in [0.5, 0.6) is 0 Å². The van der Waals surface area contributed by atoms with Gasteiger partial charge in [0, 0.05) is 31.6 Å². The Hall–Kier alpha value is -2.23. The fraction of sp³-hybridized carbons (Fsp3) is 0.600. The van der Waals surface area contributed by atoms with Gasteiger partial charge in [0.25, 0.3) is 5.91 Å². The Morgan fingerprint density at radius 3 is 2.24 bits per heavy atom. The molecule has 1 spiro atoms. The van der Waals surface area contributed by atoms with Crippen molar-refractivity contribution < 1.29 is 18.0 Å². The normalized spacial score (nSPS) is 27.6. The highest BCUT2D eigenvalue weighted by Crippen LogP contribution is 2.43. The van der Waals surface area contributed by atoms with Crippen LogP contribution in [-0.4, -0.2) is 72.8 Å². The molecule has 4 rings (SSSR count). The molecule has 8 nitrogen and oxygen atoms in total. The Morgan fingerprint density at radius 1 is 1.03 bits per heavy atom. The molecule has 2 heterocycles. The molecule has 1 N–H and O–H groups in total. The van der Waals surface area contributed by atoms with Crippen LogP contribution in [0.3, 0.4) is 0 Å². The monoisotopic (exact) mass is 488 g/mol. The first-order chi connectivity index (χ1) is 16.0. The number of rotatable bonds is 5. The number of benzene rings is 1. The molecular weight excluding hydrogens is 452 g/mol. The van der Waals surface area contributed by atoms with Gasteiger partial charge in [-0.3, -0.25) is 9.69 Å². The van der Waals surface area contributed by atoms with Gasteiger partial charge in [-0.25, -0.2) is 18.1 Å². The number of nitrogens with zero attached hydrogens (tertiary/aromatic N) is 3. The van der Waals surface area contributed by atoms with E-state index in [1.807, 2.05) is 35.2 Å². The van der Waals surface area contributed by atoms with Crippen molar-refractivity contribution in [3.63, 3.8) is 0 Å². The lowest BCUT2D eigenvalue weighted by molar-refractivity contribution is -0.134. The van der Waals surface area contributed by atoms with E-state index in [1.165, 1.54) is 14.6 Å². The average molecular weight is 489 g/mol. The van der Waals surface area contributed by atoms with E-state index in [4.69, 9.17) is 0 Å². The molecule has 3 fully saturated rings. The maximum Gasteiger partial charge on any atom is 0.326 e. The van der Waals surface area contributed by atoms with Crippen LogP contribution in [0.15, 0.2) is 35.7 Å². The molecule has 0 unspecified atom stereocenters. The van der Waals surface area contributed by atoms with Crippen LogP contribution >= 0.6 is 0 Å². The molecule has 0 aromatic heterocycles. The predicted molar refractivity (Wildman–Crippen MR) is 132 cm³/mol. The van der Waals surface area contributed by atoms with Crippen molar-refractivity contribution in [1.29, 1.82) is 0 Å². The predicted octanol–water partition coefficient (Wildman–Crippen LogP) is 3.09. The summed E-state index contributed by atoms with van der Waals surface area (Å²) in [6.45, 7) is 8.47. The Balaban J connectivity index is 1.31. The Kier molecular flexibility index (Phi) is 6.90. The molecule has 3 aliphatic rings. The highest BCUT2D eigenvalue weighted by molar-refractivity contribution is 7.92. The van der Waals surface area contributed by atoms with E-state index in [1.54, 1.807) is 6.08 Å². The summed E-state index contributed by atoms with van der Waals surface area (Å²) < 4.78 is 26.9. The second kappa shape index (κ2) is 9.43. The molecule has 3 amide bonds. The van der Waals surface area contributed by atoms with Crippen LogP contribution < -0.4 is 5.32 Å². The number of amides is 3. The van der Waals surface area contributed by atoms with Crippen molar-refractivity contribution in [1.82, 2.24) is 19.4 Å². The molecular formula is C25H36N4O4S. The van der Waals surface area contributed by atoms with Gasteiger partial charge in [-0.2, -0.15) is 4.31 Å². The summed E-state index contributed by atoms with van der Waals surface area (Å²) in [5.74, 6) is 0.411. The third kappa shape index (κ3) is 5.21. The van der Waals surface area contributed by atoms with E-state index in [-0.39, 0.29) is 24.0 Å². The van der Waals surface area contributed by atoms with Gasteiger partial charge in [0.2, 0.25) is 10.0 Å². The molecule has 1 saturated carbocycles. The standard InChI is InChI=1S/C25H36N4O4S/c1-24(2,3)21-9-12-25(13-10-21)22(30)29(23(31)26-25)19-27-14-16-28(17-15-27)34(32,33)18-11-20-7-5-4-6-8-20/h4-8,11,18,21H,9-10,12-17,19H2,1-3H3,(H,26,31). The van der Waals surface area contributed by atoms with E-state index < -0.39 is 15.6 Å². The van der Waals surface area contributed by atoms with Crippen molar-refractivity contribution in [3.8, 4) is 0 Å². The van der Waals surface area contributed by atoms with Crippen LogP contribution in [0, 0.1) is 11.3 Å². The highest BCUT2D eigenvalue weighted by atomic mass is 32.2. The van der Waals surface area contributed by atoms with Crippen LogP contribution in [0.1, 0.15) is 52.0 Å². The van der Waals surface area contributed by atoms with Gasteiger partial charge in [0.05, 0.1) is 6.67 Å². The molecule has 1 aromatic rings. The van der Waals surface area contributed by atoms with Gasteiger partial charge >= 0.3 is 6.03 Å². The van der Waals surface area contributed by atoms with Crippen LogP contribution in [-0.2, 0) is 14.8 Å². The van der Waals surface area contributed by atoms with E-state index in [0.717, 1.165) is 18.4 Å². The molecule has 2 aliphatic heterocycles. The quantitative estimate of drug-likeness (QED) is 0.644. The maximum atomic E-state index is 13.3. The molecule has 0 bridgehead atoms. The lowest BCUT2D eigenvalue weighted by Gasteiger charge is -2.40. The van der Waals surface area contributed by atoms with Gasteiger partial charge in [-0.05, 0) is 48.7 Å². The summed E-state index contributed by atoms with van der Waals surface area (Å²) in [6.07, 6.45) is 4.81. The first kappa shape index (κ1) is 24.9. The zero-order valence-corrected chi connectivity index (χ0v) is 21.2. The third-order valence-electron chi connectivity index (χ3n) is 7.57. The molecule has 1 aromatic carbocycles. The van der Waals surface area contributed by atoms with Gasteiger partial charge in [-0.1, -0.05) is 51.1 Å². The number of piperazine rings is 1. The summed E-state index contributed by atoms with van der Waals surface area (Å²) >= 11 is 0. The molecule has 186 valence electrons. The van der Waals surface area contributed by atoms with Crippen molar-refractivity contribution in [2.45, 2.75) is 52.0 Å². The average Bonchev–Trinajstić information content (AvgIpc) is 3.02. The smallest absolute Gasteiger partial charge is 0.323 e. The number of hydrogen-bond donors (Lipinski definition) is 1. The van der Waals surface area contributed by atoms with Crippen LogP contribution in [0.4, 0.5) is 4.79 Å².